The van der Waals surface area contributed by atoms with E-state index in [1.54, 1.807) is 36.5 Å². The number of halogens is 2. The van der Waals surface area contributed by atoms with Gasteiger partial charge in [0.1, 0.15) is 11.9 Å². The van der Waals surface area contributed by atoms with Crippen LogP contribution in [0.2, 0.25) is 5.02 Å². The molecule has 11 heteroatoms. The maximum Gasteiger partial charge on any atom is 0.274 e. The third-order valence-electron chi connectivity index (χ3n) is 5.80. The summed E-state index contributed by atoms with van der Waals surface area (Å²) in [5.74, 6) is -3.03. The van der Waals surface area contributed by atoms with E-state index >= 15 is 4.39 Å². The Kier molecular flexibility index (Phi) is 6.57. The fourth-order valence-corrected chi connectivity index (χ4v) is 4.16. The predicted molar refractivity (Wildman–Crippen MR) is 138 cm³/mol. The van der Waals surface area contributed by atoms with Gasteiger partial charge in [0.15, 0.2) is 17.3 Å². The van der Waals surface area contributed by atoms with E-state index in [0.717, 1.165) is 11.3 Å². The van der Waals surface area contributed by atoms with Gasteiger partial charge < -0.3 is 21.1 Å². The van der Waals surface area contributed by atoms with Crippen LogP contribution in [0.15, 0.2) is 77.8 Å². The summed E-state index contributed by atoms with van der Waals surface area (Å²) in [7, 11) is 0. The van der Waals surface area contributed by atoms with Gasteiger partial charge in [0.25, 0.3) is 11.8 Å². The minimum absolute atomic E-state index is 0.00567. The summed E-state index contributed by atoms with van der Waals surface area (Å²) in [5.41, 5.74) is 1.63. The molecule has 0 aliphatic carbocycles. The van der Waals surface area contributed by atoms with Crippen molar-refractivity contribution in [1.82, 2.24) is 15.5 Å². The number of aromatic nitrogens is 2. The van der Waals surface area contributed by atoms with Gasteiger partial charge in [-0.25, -0.2) is 4.39 Å². The standard InChI is InChI=1S/C26H20ClFN6O3/c27-17-10-4-2-8-15(17)25(36)31-23-20(28)22(33-34-23)26(37)32-24-21(16-9-3-6-12-19(16)35)30-18-11-5-1-7-14(18)13-29-24/h1-13,21,24,30,35H,(H,32,37)(H2,31,33,34,36). The van der Waals surface area contributed by atoms with Crippen LogP contribution < -0.4 is 16.0 Å². The van der Waals surface area contributed by atoms with Gasteiger partial charge in [-0.3, -0.25) is 19.7 Å². The molecule has 186 valence electrons. The Labute approximate surface area is 215 Å². The minimum atomic E-state index is -1.05. The summed E-state index contributed by atoms with van der Waals surface area (Å²) in [5, 5.41) is 25.0. The molecule has 9 nitrogen and oxygen atoms in total. The molecule has 37 heavy (non-hydrogen) atoms. The number of aliphatic imine (C=N–C) groups is 1. The van der Waals surface area contributed by atoms with Crippen molar-refractivity contribution < 1.29 is 19.1 Å². The van der Waals surface area contributed by atoms with E-state index in [4.69, 9.17) is 11.6 Å². The molecule has 0 bridgehead atoms. The number of benzodiazepines with no additional fused rings is 1. The highest BCUT2D eigenvalue weighted by Crippen LogP contribution is 2.33. The summed E-state index contributed by atoms with van der Waals surface area (Å²) in [6.45, 7) is 0. The maximum absolute atomic E-state index is 15.1. The molecule has 2 unspecified atom stereocenters. The van der Waals surface area contributed by atoms with E-state index in [9.17, 15) is 14.7 Å². The van der Waals surface area contributed by atoms with Crippen LogP contribution in [0.25, 0.3) is 0 Å². The molecule has 0 saturated heterocycles. The van der Waals surface area contributed by atoms with Crippen LogP contribution >= 0.6 is 11.6 Å². The predicted octanol–water partition coefficient (Wildman–Crippen LogP) is 4.50. The molecule has 2 heterocycles. The lowest BCUT2D eigenvalue weighted by Gasteiger charge is -2.26. The second-order valence-corrected chi connectivity index (χ2v) is 8.57. The van der Waals surface area contributed by atoms with Crippen molar-refractivity contribution in [2.24, 2.45) is 4.99 Å². The third kappa shape index (κ3) is 4.87. The van der Waals surface area contributed by atoms with Crippen molar-refractivity contribution in [2.45, 2.75) is 12.2 Å². The van der Waals surface area contributed by atoms with Crippen molar-refractivity contribution in [3.63, 3.8) is 0 Å². The number of H-pyrrole nitrogens is 1. The Morgan fingerprint density at radius 1 is 0.973 bits per heavy atom. The lowest BCUT2D eigenvalue weighted by Crippen LogP contribution is -2.40. The zero-order chi connectivity index (χ0) is 25.9. The fraction of sp³-hybridized carbons (Fsp3) is 0.0769. The van der Waals surface area contributed by atoms with Gasteiger partial charge >= 0.3 is 0 Å². The first-order valence-electron chi connectivity index (χ1n) is 11.2. The van der Waals surface area contributed by atoms with Gasteiger partial charge in [-0.15, -0.1) is 0 Å². The van der Waals surface area contributed by atoms with E-state index in [1.165, 1.54) is 18.2 Å². The summed E-state index contributed by atoms with van der Waals surface area (Å²) in [6.07, 6.45) is 0.656. The molecule has 1 aliphatic heterocycles. The number of para-hydroxylation sites is 2. The van der Waals surface area contributed by atoms with Gasteiger partial charge in [0.05, 0.1) is 16.6 Å². The number of aromatic amines is 1. The van der Waals surface area contributed by atoms with E-state index < -0.39 is 41.4 Å². The molecule has 2 amide bonds. The lowest BCUT2D eigenvalue weighted by atomic mass is 10.0. The van der Waals surface area contributed by atoms with Crippen LogP contribution in [0.1, 0.15) is 38.0 Å². The number of rotatable bonds is 5. The van der Waals surface area contributed by atoms with Crippen molar-refractivity contribution >= 4 is 41.1 Å². The molecule has 5 rings (SSSR count). The zero-order valence-electron chi connectivity index (χ0n) is 19.1. The first-order chi connectivity index (χ1) is 17.9. The van der Waals surface area contributed by atoms with Crippen LogP contribution in [0.5, 0.6) is 5.75 Å². The quantitative estimate of drug-likeness (QED) is 0.265. The summed E-state index contributed by atoms with van der Waals surface area (Å²) < 4.78 is 15.1. The topological polar surface area (TPSA) is 132 Å². The number of benzene rings is 3. The molecule has 3 aromatic carbocycles. The zero-order valence-corrected chi connectivity index (χ0v) is 19.8. The smallest absolute Gasteiger partial charge is 0.274 e. The molecule has 0 spiro atoms. The van der Waals surface area contributed by atoms with Crippen LogP contribution in [0, 0.1) is 5.82 Å². The van der Waals surface area contributed by atoms with E-state index in [-0.39, 0.29) is 16.3 Å². The van der Waals surface area contributed by atoms with Crippen molar-refractivity contribution in [2.75, 3.05) is 10.6 Å². The monoisotopic (exact) mass is 518 g/mol. The Balaban J connectivity index is 1.40. The number of fused-ring (bicyclic) bond motifs is 1. The highest BCUT2D eigenvalue weighted by molar-refractivity contribution is 6.34. The number of amides is 2. The molecule has 1 aliphatic rings. The number of anilines is 2. The Morgan fingerprint density at radius 3 is 2.51 bits per heavy atom. The average Bonchev–Trinajstić information content (AvgIpc) is 3.15. The highest BCUT2D eigenvalue weighted by atomic mass is 35.5. The number of carbonyl (C=O) groups excluding carboxylic acids is 2. The Morgan fingerprint density at radius 2 is 1.70 bits per heavy atom. The minimum Gasteiger partial charge on any atom is -0.508 e. The largest absolute Gasteiger partial charge is 0.508 e. The third-order valence-corrected chi connectivity index (χ3v) is 6.13. The summed E-state index contributed by atoms with van der Waals surface area (Å²) >= 11 is 6.03. The lowest BCUT2D eigenvalue weighted by molar-refractivity contribution is 0.0924. The van der Waals surface area contributed by atoms with Gasteiger partial charge in [-0.2, -0.15) is 5.10 Å². The summed E-state index contributed by atoms with van der Waals surface area (Å²) in [4.78, 5) is 30.1. The van der Waals surface area contributed by atoms with E-state index in [0.29, 0.717) is 5.56 Å². The normalized spacial score (nSPS) is 16.3. The van der Waals surface area contributed by atoms with Gasteiger partial charge in [0, 0.05) is 23.0 Å². The Bertz CT molecular complexity index is 1520. The number of hydrogen-bond donors (Lipinski definition) is 5. The molecule has 1 aromatic heterocycles. The SMILES string of the molecule is O=C(Nc1n[nH]c(C(=O)NC2N=Cc3ccccc3NC2c2ccccc2O)c1F)c1ccccc1Cl. The first-order valence-corrected chi connectivity index (χ1v) is 11.6. The highest BCUT2D eigenvalue weighted by Gasteiger charge is 2.31. The van der Waals surface area contributed by atoms with Crippen LogP contribution in [-0.4, -0.2) is 39.5 Å². The number of carbonyl (C=O) groups is 2. The Hall–Kier alpha value is -4.70. The number of hydrogen-bond acceptors (Lipinski definition) is 6. The number of phenols is 1. The molecule has 0 fully saturated rings. The van der Waals surface area contributed by atoms with E-state index in [2.05, 4.69) is 31.1 Å². The van der Waals surface area contributed by atoms with Gasteiger partial charge in [-0.1, -0.05) is 60.1 Å². The molecule has 5 N–H and O–H groups in total. The van der Waals surface area contributed by atoms with Crippen LogP contribution in [-0.2, 0) is 0 Å². The number of nitrogens with one attached hydrogen (secondary N) is 4. The second kappa shape index (κ2) is 10.1. The summed E-state index contributed by atoms with van der Waals surface area (Å²) in [6, 6.07) is 19.6. The molecule has 0 radical (unpaired) electrons. The molecule has 2 atom stereocenters. The van der Waals surface area contributed by atoms with Crippen molar-refractivity contribution in [1.29, 1.82) is 0 Å². The van der Waals surface area contributed by atoms with Gasteiger partial charge in [0.2, 0.25) is 0 Å². The van der Waals surface area contributed by atoms with E-state index in [1.807, 2.05) is 24.3 Å². The van der Waals surface area contributed by atoms with Crippen molar-refractivity contribution in [3.05, 3.63) is 106 Å². The molecule has 0 saturated carbocycles. The number of nitrogens with zero attached hydrogens (tertiary/aromatic N) is 2. The molecule has 4 aromatic rings. The molecular weight excluding hydrogens is 499 g/mol. The fourth-order valence-electron chi connectivity index (χ4n) is 3.94. The number of phenolic OH excluding ortho intramolecular Hbond substituents is 1. The van der Waals surface area contributed by atoms with Crippen molar-refractivity contribution in [3.8, 4) is 5.75 Å². The average molecular weight is 519 g/mol. The second-order valence-electron chi connectivity index (χ2n) is 8.16. The number of aromatic hydroxyl groups is 1. The van der Waals surface area contributed by atoms with Crippen LogP contribution in [0.3, 0.4) is 0 Å². The maximum atomic E-state index is 15.1. The molecular formula is C26H20ClFN6O3. The first kappa shape index (κ1) is 24.0. The van der Waals surface area contributed by atoms with Crippen LogP contribution in [0.4, 0.5) is 15.9 Å². The van der Waals surface area contributed by atoms with Gasteiger partial charge in [-0.05, 0) is 24.3 Å².